The van der Waals surface area contributed by atoms with Crippen LogP contribution < -0.4 is 9.46 Å². The third kappa shape index (κ3) is 1.85. The predicted molar refractivity (Wildman–Crippen MR) is 56.5 cm³/mol. The second-order valence-electron chi connectivity index (χ2n) is 3.40. The van der Waals surface area contributed by atoms with Crippen LogP contribution in [0.4, 0.5) is 0 Å². The Balaban J connectivity index is 2.58. The van der Waals surface area contributed by atoms with Crippen LogP contribution >= 0.6 is 0 Å². The molecule has 1 aliphatic heterocycles. The van der Waals surface area contributed by atoms with E-state index in [0.29, 0.717) is 12.4 Å². The Hall–Kier alpha value is -1.07. The summed E-state index contributed by atoms with van der Waals surface area (Å²) in [5.74, 6) is 0.512. The van der Waals surface area contributed by atoms with E-state index in [2.05, 4.69) is 4.72 Å². The fourth-order valence-electron chi connectivity index (χ4n) is 1.68. The van der Waals surface area contributed by atoms with E-state index in [-0.39, 0.29) is 4.90 Å². The molecule has 1 aromatic rings. The van der Waals surface area contributed by atoms with Gasteiger partial charge in [0.15, 0.2) is 0 Å². The summed E-state index contributed by atoms with van der Waals surface area (Å²) in [4.78, 5) is 0.238. The fourth-order valence-corrected chi connectivity index (χ4v) is 2.59. The van der Waals surface area contributed by atoms with Crippen LogP contribution in [0.5, 0.6) is 5.75 Å². The number of sulfonamides is 1. The van der Waals surface area contributed by atoms with Crippen molar-refractivity contribution in [1.82, 2.24) is 4.72 Å². The van der Waals surface area contributed by atoms with Crippen molar-refractivity contribution in [2.75, 3.05) is 13.7 Å². The normalized spacial score (nSPS) is 15.5. The summed E-state index contributed by atoms with van der Waals surface area (Å²) < 4.78 is 31.1. The minimum absolute atomic E-state index is 0.238. The van der Waals surface area contributed by atoms with Gasteiger partial charge in [-0.1, -0.05) is 12.1 Å². The summed E-state index contributed by atoms with van der Waals surface area (Å²) in [5.41, 5.74) is 0.970. The van der Waals surface area contributed by atoms with E-state index in [4.69, 9.17) is 4.74 Å². The quantitative estimate of drug-likeness (QED) is 0.817. The van der Waals surface area contributed by atoms with E-state index >= 15 is 0 Å². The molecular formula is C10H13NO3S. The van der Waals surface area contributed by atoms with E-state index in [1.54, 1.807) is 12.1 Å². The standard InChI is InChI=1S/C10H13NO3S/c1-11-15(12,13)9-6-2-4-8-5-3-7-14-10(8)9/h2,4,6,11H,3,5,7H2,1H3. The van der Waals surface area contributed by atoms with Crippen molar-refractivity contribution in [3.63, 3.8) is 0 Å². The molecule has 0 fully saturated rings. The van der Waals surface area contributed by atoms with E-state index in [9.17, 15) is 8.42 Å². The summed E-state index contributed by atoms with van der Waals surface area (Å²) in [5, 5.41) is 0. The van der Waals surface area contributed by atoms with Crippen molar-refractivity contribution in [2.45, 2.75) is 17.7 Å². The number of aryl methyl sites for hydroxylation is 1. The van der Waals surface area contributed by atoms with Crippen molar-refractivity contribution in [3.8, 4) is 5.75 Å². The smallest absolute Gasteiger partial charge is 0.244 e. The third-order valence-corrected chi connectivity index (χ3v) is 3.89. The highest BCUT2D eigenvalue weighted by molar-refractivity contribution is 7.89. The van der Waals surface area contributed by atoms with Crippen molar-refractivity contribution in [1.29, 1.82) is 0 Å². The molecule has 82 valence electrons. The van der Waals surface area contributed by atoms with Gasteiger partial charge in [0.25, 0.3) is 0 Å². The molecule has 4 nitrogen and oxygen atoms in total. The summed E-state index contributed by atoms with van der Waals surface area (Å²) in [6.45, 7) is 0.587. The minimum Gasteiger partial charge on any atom is -0.492 e. The maximum atomic E-state index is 11.7. The van der Waals surface area contributed by atoms with Gasteiger partial charge in [0, 0.05) is 0 Å². The Morgan fingerprint density at radius 3 is 2.93 bits per heavy atom. The monoisotopic (exact) mass is 227 g/mol. The zero-order valence-corrected chi connectivity index (χ0v) is 9.30. The zero-order valence-electron chi connectivity index (χ0n) is 8.49. The number of nitrogens with one attached hydrogen (secondary N) is 1. The lowest BCUT2D eigenvalue weighted by molar-refractivity contribution is 0.280. The average Bonchev–Trinajstić information content (AvgIpc) is 2.28. The molecule has 0 radical (unpaired) electrons. The molecular weight excluding hydrogens is 214 g/mol. The van der Waals surface area contributed by atoms with Crippen molar-refractivity contribution >= 4 is 10.0 Å². The first-order valence-corrected chi connectivity index (χ1v) is 6.32. The van der Waals surface area contributed by atoms with E-state index < -0.39 is 10.0 Å². The Kier molecular flexibility index (Phi) is 2.67. The Bertz CT molecular complexity index is 468. The molecule has 0 amide bonds. The minimum atomic E-state index is -3.41. The Labute approximate surface area is 89.3 Å². The Morgan fingerprint density at radius 1 is 1.40 bits per heavy atom. The van der Waals surface area contributed by atoms with Gasteiger partial charge < -0.3 is 4.74 Å². The molecule has 0 aromatic heterocycles. The first-order valence-electron chi connectivity index (χ1n) is 4.83. The molecule has 0 unspecified atom stereocenters. The summed E-state index contributed by atoms with van der Waals surface area (Å²) in [7, 11) is -2.01. The third-order valence-electron chi connectivity index (χ3n) is 2.46. The molecule has 5 heteroatoms. The molecule has 0 saturated carbocycles. The zero-order chi connectivity index (χ0) is 10.9. The second-order valence-corrected chi connectivity index (χ2v) is 5.26. The van der Waals surface area contributed by atoms with Crippen molar-refractivity contribution in [2.24, 2.45) is 0 Å². The maximum Gasteiger partial charge on any atom is 0.244 e. The highest BCUT2D eigenvalue weighted by Gasteiger charge is 2.22. The van der Waals surface area contributed by atoms with Gasteiger partial charge in [-0.3, -0.25) is 0 Å². The number of rotatable bonds is 2. The molecule has 1 heterocycles. The number of para-hydroxylation sites is 1. The highest BCUT2D eigenvalue weighted by Crippen LogP contribution is 2.31. The molecule has 1 aromatic carbocycles. The fraction of sp³-hybridized carbons (Fsp3) is 0.400. The molecule has 1 aliphatic rings. The van der Waals surface area contributed by atoms with Crippen LogP contribution in [-0.2, 0) is 16.4 Å². The molecule has 0 atom stereocenters. The maximum absolute atomic E-state index is 11.7. The number of hydrogen-bond acceptors (Lipinski definition) is 3. The number of benzene rings is 1. The van der Waals surface area contributed by atoms with Crippen LogP contribution in [0.3, 0.4) is 0 Å². The highest BCUT2D eigenvalue weighted by atomic mass is 32.2. The van der Waals surface area contributed by atoms with Gasteiger partial charge in [0.1, 0.15) is 10.6 Å². The van der Waals surface area contributed by atoms with Crippen LogP contribution in [0.15, 0.2) is 23.1 Å². The second kappa shape index (κ2) is 3.83. The van der Waals surface area contributed by atoms with Crippen LogP contribution in [0.1, 0.15) is 12.0 Å². The first kappa shape index (κ1) is 10.4. The van der Waals surface area contributed by atoms with Crippen LogP contribution in [0.25, 0.3) is 0 Å². The lowest BCUT2D eigenvalue weighted by Gasteiger charge is -2.19. The number of ether oxygens (including phenoxy) is 1. The van der Waals surface area contributed by atoms with Crippen molar-refractivity contribution in [3.05, 3.63) is 23.8 Å². The number of fused-ring (bicyclic) bond motifs is 1. The van der Waals surface area contributed by atoms with Gasteiger partial charge in [-0.15, -0.1) is 0 Å². The van der Waals surface area contributed by atoms with Crippen LogP contribution in [-0.4, -0.2) is 22.1 Å². The topological polar surface area (TPSA) is 55.4 Å². The van der Waals surface area contributed by atoms with Crippen LogP contribution in [0, 0.1) is 0 Å². The van der Waals surface area contributed by atoms with E-state index in [1.165, 1.54) is 7.05 Å². The molecule has 0 saturated heterocycles. The predicted octanol–water partition coefficient (Wildman–Crippen LogP) is 0.920. The van der Waals surface area contributed by atoms with Gasteiger partial charge in [-0.2, -0.15) is 0 Å². The summed E-state index contributed by atoms with van der Waals surface area (Å²) in [6, 6.07) is 5.22. The SMILES string of the molecule is CNS(=O)(=O)c1cccc2c1OCCC2. The summed E-state index contributed by atoms with van der Waals surface area (Å²) in [6.07, 6.45) is 1.82. The van der Waals surface area contributed by atoms with Crippen LogP contribution in [0.2, 0.25) is 0 Å². The summed E-state index contributed by atoms with van der Waals surface area (Å²) >= 11 is 0. The average molecular weight is 227 g/mol. The van der Waals surface area contributed by atoms with Gasteiger partial charge in [-0.25, -0.2) is 13.1 Å². The van der Waals surface area contributed by atoms with E-state index in [1.807, 2.05) is 6.07 Å². The molecule has 0 spiro atoms. The Morgan fingerprint density at radius 2 is 2.20 bits per heavy atom. The molecule has 2 rings (SSSR count). The largest absolute Gasteiger partial charge is 0.492 e. The van der Waals surface area contributed by atoms with Gasteiger partial charge in [0.2, 0.25) is 10.0 Å². The molecule has 0 aliphatic carbocycles. The van der Waals surface area contributed by atoms with Gasteiger partial charge >= 0.3 is 0 Å². The lowest BCUT2D eigenvalue weighted by atomic mass is 10.1. The van der Waals surface area contributed by atoms with Crippen molar-refractivity contribution < 1.29 is 13.2 Å². The number of hydrogen-bond donors (Lipinski definition) is 1. The molecule has 0 bridgehead atoms. The molecule has 1 N–H and O–H groups in total. The van der Waals surface area contributed by atoms with E-state index in [0.717, 1.165) is 18.4 Å². The van der Waals surface area contributed by atoms with Gasteiger partial charge in [-0.05, 0) is 31.5 Å². The lowest BCUT2D eigenvalue weighted by Crippen LogP contribution is -2.21. The van der Waals surface area contributed by atoms with Gasteiger partial charge in [0.05, 0.1) is 6.61 Å². The molecule has 15 heavy (non-hydrogen) atoms. The first-order chi connectivity index (χ1) is 7.15.